The first kappa shape index (κ1) is 12.4. The maximum Gasteiger partial charge on any atom is 0.275 e. The van der Waals surface area contributed by atoms with Gasteiger partial charge in [0.2, 0.25) is 0 Å². The number of benzene rings is 2. The van der Waals surface area contributed by atoms with Crippen molar-refractivity contribution < 1.29 is 4.79 Å². The lowest BCUT2D eigenvalue weighted by molar-refractivity contribution is -0.110. The molecule has 0 aromatic heterocycles. The molecule has 0 bridgehead atoms. The standard InChI is InChI=1S/C16H15N3O/c1-19(2)12-9-7-11(8-10-12)17-15-13-5-3-4-6-14(13)18-16(15)20/h3-10H,1-2H3,(H,17,18,20). The Balaban J connectivity index is 1.98. The number of fused-ring (bicyclic) bond motifs is 1. The fourth-order valence-corrected chi connectivity index (χ4v) is 2.17. The Kier molecular flexibility index (Phi) is 2.99. The highest BCUT2D eigenvalue weighted by molar-refractivity contribution is 6.54. The molecule has 0 radical (unpaired) electrons. The van der Waals surface area contributed by atoms with Crippen LogP contribution in [-0.2, 0) is 4.79 Å². The van der Waals surface area contributed by atoms with E-state index in [2.05, 4.69) is 10.3 Å². The second kappa shape index (κ2) is 4.81. The van der Waals surface area contributed by atoms with Gasteiger partial charge in [-0.05, 0) is 30.3 Å². The number of amides is 1. The van der Waals surface area contributed by atoms with Gasteiger partial charge in [-0.3, -0.25) is 4.79 Å². The smallest absolute Gasteiger partial charge is 0.275 e. The summed E-state index contributed by atoms with van der Waals surface area (Å²) in [5.41, 5.74) is 4.02. The normalized spacial score (nSPS) is 15.1. The SMILES string of the molecule is CN(C)c1ccc(N=C2C(=O)Nc3ccccc32)cc1. The average Bonchev–Trinajstić information content (AvgIpc) is 2.76. The quantitative estimate of drug-likeness (QED) is 0.907. The molecule has 0 aliphatic carbocycles. The zero-order chi connectivity index (χ0) is 14.1. The molecule has 1 aliphatic rings. The third-order valence-corrected chi connectivity index (χ3v) is 3.25. The Labute approximate surface area is 117 Å². The van der Waals surface area contributed by atoms with Crippen molar-refractivity contribution in [3.63, 3.8) is 0 Å². The van der Waals surface area contributed by atoms with Crippen LogP contribution >= 0.6 is 0 Å². The van der Waals surface area contributed by atoms with Crippen molar-refractivity contribution in [2.24, 2.45) is 4.99 Å². The molecule has 1 aliphatic heterocycles. The number of hydrogen-bond donors (Lipinski definition) is 1. The second-order valence-electron chi connectivity index (χ2n) is 4.87. The van der Waals surface area contributed by atoms with Crippen LogP contribution in [0.1, 0.15) is 5.56 Å². The van der Waals surface area contributed by atoms with Crippen molar-refractivity contribution in [2.45, 2.75) is 0 Å². The van der Waals surface area contributed by atoms with Gasteiger partial charge in [0.05, 0.1) is 11.4 Å². The van der Waals surface area contributed by atoms with Crippen LogP contribution in [0, 0.1) is 0 Å². The molecule has 1 amide bonds. The summed E-state index contributed by atoms with van der Waals surface area (Å²) in [6, 6.07) is 15.4. The summed E-state index contributed by atoms with van der Waals surface area (Å²) in [7, 11) is 3.98. The maximum atomic E-state index is 12.0. The summed E-state index contributed by atoms with van der Waals surface area (Å²) in [5.74, 6) is -0.150. The van der Waals surface area contributed by atoms with Crippen molar-refractivity contribution in [3.8, 4) is 0 Å². The Morgan fingerprint density at radius 2 is 1.70 bits per heavy atom. The molecule has 1 heterocycles. The highest BCUT2D eigenvalue weighted by Crippen LogP contribution is 2.26. The van der Waals surface area contributed by atoms with Gasteiger partial charge in [-0.25, -0.2) is 4.99 Å². The molecule has 0 unspecified atom stereocenters. The zero-order valence-corrected chi connectivity index (χ0v) is 11.4. The van der Waals surface area contributed by atoms with E-state index in [1.807, 2.05) is 67.5 Å². The second-order valence-corrected chi connectivity index (χ2v) is 4.87. The topological polar surface area (TPSA) is 44.7 Å². The van der Waals surface area contributed by atoms with Gasteiger partial charge in [0, 0.05) is 25.3 Å². The van der Waals surface area contributed by atoms with E-state index in [1.165, 1.54) is 0 Å². The minimum atomic E-state index is -0.150. The van der Waals surface area contributed by atoms with Gasteiger partial charge in [-0.2, -0.15) is 0 Å². The van der Waals surface area contributed by atoms with Crippen LogP contribution in [0.25, 0.3) is 0 Å². The van der Waals surface area contributed by atoms with Crippen molar-refractivity contribution >= 4 is 28.7 Å². The third-order valence-electron chi connectivity index (χ3n) is 3.25. The largest absolute Gasteiger partial charge is 0.378 e. The van der Waals surface area contributed by atoms with Crippen molar-refractivity contribution in [2.75, 3.05) is 24.3 Å². The molecule has 20 heavy (non-hydrogen) atoms. The summed E-state index contributed by atoms with van der Waals surface area (Å²) in [6.45, 7) is 0. The van der Waals surface area contributed by atoms with E-state index in [4.69, 9.17) is 0 Å². The van der Waals surface area contributed by atoms with Gasteiger partial charge in [0.1, 0.15) is 5.71 Å². The van der Waals surface area contributed by atoms with E-state index >= 15 is 0 Å². The van der Waals surface area contributed by atoms with Gasteiger partial charge in [0.15, 0.2) is 0 Å². The molecule has 0 spiro atoms. The number of aliphatic imine (C=N–C) groups is 1. The molecule has 0 fully saturated rings. The summed E-state index contributed by atoms with van der Waals surface area (Å²) < 4.78 is 0. The van der Waals surface area contributed by atoms with Crippen molar-refractivity contribution in [3.05, 3.63) is 54.1 Å². The fraction of sp³-hybridized carbons (Fsp3) is 0.125. The first-order valence-corrected chi connectivity index (χ1v) is 6.42. The van der Waals surface area contributed by atoms with E-state index in [1.54, 1.807) is 0 Å². The highest BCUT2D eigenvalue weighted by atomic mass is 16.2. The molecule has 0 saturated carbocycles. The Morgan fingerprint density at radius 1 is 1.00 bits per heavy atom. The van der Waals surface area contributed by atoms with Gasteiger partial charge in [-0.15, -0.1) is 0 Å². The van der Waals surface area contributed by atoms with E-state index < -0.39 is 0 Å². The number of carbonyl (C=O) groups is 1. The number of rotatable bonds is 2. The van der Waals surface area contributed by atoms with Crippen LogP contribution in [0.5, 0.6) is 0 Å². The number of nitrogens with zero attached hydrogens (tertiary/aromatic N) is 2. The molecule has 0 saturated heterocycles. The maximum absolute atomic E-state index is 12.0. The number of nitrogens with one attached hydrogen (secondary N) is 1. The Morgan fingerprint density at radius 3 is 2.40 bits per heavy atom. The van der Waals surface area contributed by atoms with E-state index in [0.717, 1.165) is 22.6 Å². The number of para-hydroxylation sites is 1. The molecular weight excluding hydrogens is 250 g/mol. The predicted octanol–water partition coefficient (Wildman–Crippen LogP) is 2.83. The molecule has 100 valence electrons. The number of hydrogen-bond acceptors (Lipinski definition) is 3. The summed E-state index contributed by atoms with van der Waals surface area (Å²) in [5, 5.41) is 2.82. The molecule has 1 N–H and O–H groups in total. The first-order valence-electron chi connectivity index (χ1n) is 6.42. The van der Waals surface area contributed by atoms with Crippen LogP contribution < -0.4 is 10.2 Å². The fourth-order valence-electron chi connectivity index (χ4n) is 2.17. The minimum absolute atomic E-state index is 0.150. The first-order chi connectivity index (χ1) is 9.65. The van der Waals surface area contributed by atoms with Crippen LogP contribution in [0.4, 0.5) is 17.1 Å². The Bertz CT molecular complexity index is 687. The summed E-state index contributed by atoms with van der Waals surface area (Å²) >= 11 is 0. The average molecular weight is 265 g/mol. The molecule has 3 rings (SSSR count). The molecule has 4 nitrogen and oxygen atoms in total. The predicted molar refractivity (Wildman–Crippen MR) is 82.0 cm³/mol. The van der Waals surface area contributed by atoms with Crippen molar-refractivity contribution in [1.29, 1.82) is 0 Å². The number of carbonyl (C=O) groups excluding carboxylic acids is 1. The lowest BCUT2D eigenvalue weighted by Crippen LogP contribution is -2.13. The summed E-state index contributed by atoms with van der Waals surface area (Å²) in [6.07, 6.45) is 0. The van der Waals surface area contributed by atoms with Crippen LogP contribution in [0.3, 0.4) is 0 Å². The van der Waals surface area contributed by atoms with Gasteiger partial charge in [-0.1, -0.05) is 18.2 Å². The molecule has 2 aromatic carbocycles. The number of anilines is 2. The minimum Gasteiger partial charge on any atom is -0.378 e. The van der Waals surface area contributed by atoms with E-state index in [9.17, 15) is 4.79 Å². The van der Waals surface area contributed by atoms with Gasteiger partial charge < -0.3 is 10.2 Å². The summed E-state index contributed by atoms with van der Waals surface area (Å²) in [4.78, 5) is 18.4. The molecule has 2 aromatic rings. The Hall–Kier alpha value is -2.62. The van der Waals surface area contributed by atoms with Gasteiger partial charge >= 0.3 is 0 Å². The lowest BCUT2D eigenvalue weighted by Gasteiger charge is -2.11. The molecular formula is C16H15N3O. The zero-order valence-electron chi connectivity index (χ0n) is 11.4. The third kappa shape index (κ3) is 2.16. The molecule has 4 heteroatoms. The lowest BCUT2D eigenvalue weighted by atomic mass is 10.1. The highest BCUT2D eigenvalue weighted by Gasteiger charge is 2.25. The van der Waals surface area contributed by atoms with Crippen molar-refractivity contribution in [1.82, 2.24) is 0 Å². The molecule has 0 atom stereocenters. The monoisotopic (exact) mass is 265 g/mol. The van der Waals surface area contributed by atoms with Crippen LogP contribution in [0.15, 0.2) is 53.5 Å². The van der Waals surface area contributed by atoms with Crippen LogP contribution in [0.2, 0.25) is 0 Å². The van der Waals surface area contributed by atoms with E-state index in [-0.39, 0.29) is 5.91 Å². The van der Waals surface area contributed by atoms with Crippen LogP contribution in [-0.4, -0.2) is 25.7 Å². The van der Waals surface area contributed by atoms with Gasteiger partial charge in [0.25, 0.3) is 5.91 Å². The van der Waals surface area contributed by atoms with E-state index in [0.29, 0.717) is 5.71 Å².